The molecule has 2 aliphatic rings. The number of ether oxygens (including phenoxy) is 1. The van der Waals surface area contributed by atoms with Gasteiger partial charge in [0.1, 0.15) is 5.75 Å². The first-order valence-corrected chi connectivity index (χ1v) is 6.92. The van der Waals surface area contributed by atoms with Crippen LogP contribution in [-0.4, -0.2) is 35.3 Å². The van der Waals surface area contributed by atoms with Crippen LogP contribution < -0.4 is 0 Å². The number of para-hydroxylation sites is 1. The lowest BCUT2D eigenvalue weighted by Crippen LogP contribution is -2.49. The smallest absolute Gasteiger partial charge is 0.120 e. The Balaban J connectivity index is 1.83. The molecule has 1 saturated heterocycles. The normalized spacial score (nSPS) is 30.1. The molecule has 1 aliphatic carbocycles. The number of rotatable bonds is 2. The quantitative estimate of drug-likeness (QED) is 0.872. The van der Waals surface area contributed by atoms with E-state index in [9.17, 15) is 5.11 Å². The molecule has 3 nitrogen and oxygen atoms in total. The van der Waals surface area contributed by atoms with Gasteiger partial charge in [0.2, 0.25) is 0 Å². The van der Waals surface area contributed by atoms with Gasteiger partial charge in [0.25, 0.3) is 0 Å². The number of fused-ring (bicyclic) bond motifs is 1. The van der Waals surface area contributed by atoms with Crippen molar-refractivity contribution in [2.45, 2.75) is 44.4 Å². The SMILES string of the molecule is CC(c1ccccc1O)N1CCOC2CCCC21. The Morgan fingerprint density at radius 2 is 2.17 bits per heavy atom. The predicted octanol–water partition coefficient (Wildman–Crippen LogP) is 2.71. The lowest BCUT2D eigenvalue weighted by molar-refractivity contribution is -0.0700. The molecule has 0 amide bonds. The van der Waals surface area contributed by atoms with Gasteiger partial charge >= 0.3 is 0 Å². The number of hydrogen-bond acceptors (Lipinski definition) is 3. The molecule has 0 aromatic heterocycles. The van der Waals surface area contributed by atoms with Gasteiger partial charge in [0.05, 0.1) is 12.7 Å². The van der Waals surface area contributed by atoms with E-state index >= 15 is 0 Å². The zero-order valence-corrected chi connectivity index (χ0v) is 10.9. The summed E-state index contributed by atoms with van der Waals surface area (Å²) in [4.78, 5) is 2.51. The van der Waals surface area contributed by atoms with Gasteiger partial charge in [-0.15, -0.1) is 0 Å². The lowest BCUT2D eigenvalue weighted by Gasteiger charge is -2.41. The van der Waals surface area contributed by atoms with Crippen LogP contribution in [0.3, 0.4) is 0 Å². The minimum Gasteiger partial charge on any atom is -0.508 e. The highest BCUT2D eigenvalue weighted by Gasteiger charge is 2.38. The molecule has 3 heteroatoms. The lowest BCUT2D eigenvalue weighted by atomic mass is 10.0. The van der Waals surface area contributed by atoms with Crippen molar-refractivity contribution in [3.63, 3.8) is 0 Å². The molecule has 2 fully saturated rings. The summed E-state index contributed by atoms with van der Waals surface area (Å²) in [6, 6.07) is 8.48. The molecule has 98 valence electrons. The zero-order chi connectivity index (χ0) is 12.5. The van der Waals surface area contributed by atoms with Gasteiger partial charge < -0.3 is 9.84 Å². The fourth-order valence-corrected chi connectivity index (χ4v) is 3.46. The van der Waals surface area contributed by atoms with Gasteiger partial charge in [-0.2, -0.15) is 0 Å². The van der Waals surface area contributed by atoms with Gasteiger partial charge in [0, 0.05) is 24.2 Å². The molecule has 1 aromatic carbocycles. The van der Waals surface area contributed by atoms with E-state index in [1.807, 2.05) is 18.2 Å². The van der Waals surface area contributed by atoms with E-state index in [-0.39, 0.29) is 6.04 Å². The maximum Gasteiger partial charge on any atom is 0.120 e. The number of benzene rings is 1. The molecule has 0 bridgehead atoms. The highest BCUT2D eigenvalue weighted by Crippen LogP contribution is 2.37. The highest BCUT2D eigenvalue weighted by molar-refractivity contribution is 5.34. The summed E-state index contributed by atoms with van der Waals surface area (Å²) < 4.78 is 5.84. The van der Waals surface area contributed by atoms with Crippen LogP contribution in [0.25, 0.3) is 0 Å². The van der Waals surface area contributed by atoms with Crippen molar-refractivity contribution < 1.29 is 9.84 Å². The summed E-state index contributed by atoms with van der Waals surface area (Å²) in [5.41, 5.74) is 1.03. The highest BCUT2D eigenvalue weighted by atomic mass is 16.5. The molecule has 3 atom stereocenters. The van der Waals surface area contributed by atoms with Crippen LogP contribution in [0.15, 0.2) is 24.3 Å². The summed E-state index contributed by atoms with van der Waals surface area (Å²) in [5, 5.41) is 9.99. The first kappa shape index (κ1) is 12.0. The summed E-state index contributed by atoms with van der Waals surface area (Å²) in [6.07, 6.45) is 4.09. The third-order valence-corrected chi connectivity index (χ3v) is 4.41. The standard InChI is InChI=1S/C15H21NO2/c1-11(12-5-2-3-7-14(12)17)16-9-10-18-15-8-4-6-13(15)16/h2-3,5,7,11,13,15,17H,4,6,8-10H2,1H3. The summed E-state index contributed by atoms with van der Waals surface area (Å²) in [6.45, 7) is 3.98. The number of hydrogen-bond donors (Lipinski definition) is 1. The summed E-state index contributed by atoms with van der Waals surface area (Å²) in [7, 11) is 0. The number of phenols is 1. The van der Waals surface area contributed by atoms with Crippen LogP contribution in [0.4, 0.5) is 0 Å². The van der Waals surface area contributed by atoms with E-state index in [1.54, 1.807) is 6.07 Å². The van der Waals surface area contributed by atoms with Crippen LogP contribution in [0.5, 0.6) is 5.75 Å². The Morgan fingerprint density at radius 1 is 1.33 bits per heavy atom. The van der Waals surface area contributed by atoms with Gasteiger partial charge in [-0.25, -0.2) is 0 Å². The van der Waals surface area contributed by atoms with Gasteiger partial charge in [0.15, 0.2) is 0 Å². The second kappa shape index (κ2) is 4.90. The second-order valence-electron chi connectivity index (χ2n) is 5.38. The van der Waals surface area contributed by atoms with Gasteiger partial charge in [-0.3, -0.25) is 4.90 Å². The van der Waals surface area contributed by atoms with Crippen LogP contribution in [-0.2, 0) is 4.74 Å². The minimum absolute atomic E-state index is 0.265. The second-order valence-corrected chi connectivity index (χ2v) is 5.38. The Labute approximate surface area is 108 Å². The molecule has 1 aromatic rings. The molecule has 18 heavy (non-hydrogen) atoms. The van der Waals surface area contributed by atoms with Crippen molar-refractivity contribution in [3.8, 4) is 5.75 Å². The maximum absolute atomic E-state index is 9.99. The van der Waals surface area contributed by atoms with Crippen molar-refractivity contribution in [1.82, 2.24) is 4.90 Å². The first-order chi connectivity index (χ1) is 8.77. The molecule has 3 unspecified atom stereocenters. The fourth-order valence-electron chi connectivity index (χ4n) is 3.46. The maximum atomic E-state index is 9.99. The molecular weight excluding hydrogens is 226 g/mol. The molecule has 0 spiro atoms. The monoisotopic (exact) mass is 247 g/mol. The number of aromatic hydroxyl groups is 1. The van der Waals surface area contributed by atoms with Crippen LogP contribution in [0.1, 0.15) is 37.8 Å². The molecule has 0 radical (unpaired) electrons. The average molecular weight is 247 g/mol. The Hall–Kier alpha value is -1.06. The fraction of sp³-hybridized carbons (Fsp3) is 0.600. The van der Waals surface area contributed by atoms with Crippen molar-refractivity contribution in [1.29, 1.82) is 0 Å². The first-order valence-electron chi connectivity index (χ1n) is 6.92. The topological polar surface area (TPSA) is 32.7 Å². The third kappa shape index (κ3) is 2.02. The van der Waals surface area contributed by atoms with Crippen LogP contribution >= 0.6 is 0 Å². The molecule has 1 N–H and O–H groups in total. The van der Waals surface area contributed by atoms with Crippen molar-refractivity contribution in [3.05, 3.63) is 29.8 Å². The molecule has 1 saturated carbocycles. The molecule has 1 heterocycles. The van der Waals surface area contributed by atoms with E-state index in [2.05, 4.69) is 11.8 Å². The Morgan fingerprint density at radius 3 is 3.00 bits per heavy atom. The van der Waals surface area contributed by atoms with Gasteiger partial charge in [-0.05, 0) is 32.3 Å². The van der Waals surface area contributed by atoms with E-state index in [4.69, 9.17) is 4.74 Å². The minimum atomic E-state index is 0.265. The number of phenolic OH excluding ortho intramolecular Hbond substituents is 1. The van der Waals surface area contributed by atoms with Crippen LogP contribution in [0, 0.1) is 0 Å². The van der Waals surface area contributed by atoms with Crippen molar-refractivity contribution >= 4 is 0 Å². The summed E-state index contributed by atoms with van der Waals surface area (Å²) >= 11 is 0. The van der Waals surface area contributed by atoms with E-state index in [0.717, 1.165) is 18.7 Å². The van der Waals surface area contributed by atoms with Gasteiger partial charge in [-0.1, -0.05) is 18.2 Å². The van der Waals surface area contributed by atoms with E-state index in [1.165, 1.54) is 19.3 Å². The Kier molecular flexibility index (Phi) is 3.27. The van der Waals surface area contributed by atoms with Crippen molar-refractivity contribution in [2.24, 2.45) is 0 Å². The average Bonchev–Trinajstić information content (AvgIpc) is 2.86. The predicted molar refractivity (Wildman–Crippen MR) is 70.6 cm³/mol. The largest absolute Gasteiger partial charge is 0.508 e. The Bertz CT molecular complexity index is 421. The van der Waals surface area contributed by atoms with Crippen molar-refractivity contribution in [2.75, 3.05) is 13.2 Å². The summed E-state index contributed by atoms with van der Waals surface area (Å²) in [5.74, 6) is 0.408. The van der Waals surface area contributed by atoms with E-state index < -0.39 is 0 Å². The molecule has 3 rings (SSSR count). The third-order valence-electron chi connectivity index (χ3n) is 4.41. The molecule has 1 aliphatic heterocycles. The van der Waals surface area contributed by atoms with E-state index in [0.29, 0.717) is 17.9 Å². The zero-order valence-electron chi connectivity index (χ0n) is 10.9. The van der Waals surface area contributed by atoms with Crippen LogP contribution in [0.2, 0.25) is 0 Å². The number of nitrogens with zero attached hydrogens (tertiary/aromatic N) is 1. The number of morpholine rings is 1. The molecular formula is C15H21NO2.